The fourth-order valence-corrected chi connectivity index (χ4v) is 0.231. The highest BCUT2D eigenvalue weighted by molar-refractivity contribution is 6.92. The summed E-state index contributed by atoms with van der Waals surface area (Å²) in [6.45, 7) is 0.696. The zero-order chi connectivity index (χ0) is 5.54. The summed E-state index contributed by atoms with van der Waals surface area (Å²) in [5.41, 5.74) is 0. The number of hydrogen-bond acceptors (Lipinski definition) is 4. The van der Waals surface area contributed by atoms with Gasteiger partial charge in [-0.3, -0.25) is 0 Å². The number of ether oxygens (including phenoxy) is 1. The summed E-state index contributed by atoms with van der Waals surface area (Å²) < 4.78 is 4.63. The lowest BCUT2D eigenvalue weighted by Crippen LogP contribution is -2.03. The van der Waals surface area contributed by atoms with Crippen LogP contribution in [-0.2, 0) is 4.74 Å². The molecule has 5 N–H and O–H groups in total. The summed E-state index contributed by atoms with van der Waals surface area (Å²) in [5.74, 6) is 0. The van der Waals surface area contributed by atoms with Crippen molar-refractivity contribution in [1.82, 2.24) is 6.15 Å². The third kappa shape index (κ3) is 17.8. The molecule has 5 heteroatoms. The van der Waals surface area contributed by atoms with Crippen LogP contribution in [0.15, 0.2) is 0 Å². The summed E-state index contributed by atoms with van der Waals surface area (Å²) >= 11 is 0. The van der Waals surface area contributed by atoms with Crippen LogP contribution in [0.3, 0.4) is 0 Å². The van der Waals surface area contributed by atoms with Crippen LogP contribution in [0.4, 0.5) is 0 Å². The SMILES string of the molecule is N.OCCOCCO.P. The Kier molecular flexibility index (Phi) is 28.2. The van der Waals surface area contributed by atoms with Gasteiger partial charge in [0.25, 0.3) is 0 Å². The van der Waals surface area contributed by atoms with Gasteiger partial charge in [-0.1, -0.05) is 0 Å². The minimum absolute atomic E-state index is 0. The largest absolute Gasteiger partial charge is 0.394 e. The quantitative estimate of drug-likeness (QED) is 0.368. The Labute approximate surface area is 58.4 Å². The van der Waals surface area contributed by atoms with E-state index in [1.807, 2.05) is 0 Å². The van der Waals surface area contributed by atoms with E-state index in [0.717, 1.165) is 0 Å². The molecule has 0 aliphatic heterocycles. The van der Waals surface area contributed by atoms with E-state index in [9.17, 15) is 0 Å². The molecule has 4 nitrogen and oxygen atoms in total. The Bertz CT molecular complexity index is 35.0. The molecule has 1 unspecified atom stereocenters. The third-order valence-electron chi connectivity index (χ3n) is 0.471. The van der Waals surface area contributed by atoms with Gasteiger partial charge in [0, 0.05) is 0 Å². The van der Waals surface area contributed by atoms with E-state index in [0.29, 0.717) is 13.2 Å². The van der Waals surface area contributed by atoms with Gasteiger partial charge >= 0.3 is 0 Å². The van der Waals surface area contributed by atoms with Crippen molar-refractivity contribution in [2.24, 2.45) is 0 Å². The number of hydrogen-bond donors (Lipinski definition) is 3. The molecule has 0 rings (SSSR count). The molecular weight excluding hydrogens is 141 g/mol. The van der Waals surface area contributed by atoms with Crippen LogP contribution in [0.25, 0.3) is 0 Å². The van der Waals surface area contributed by atoms with Gasteiger partial charge in [-0.05, 0) is 0 Å². The first kappa shape index (κ1) is 16.1. The second kappa shape index (κ2) is 15.7. The van der Waals surface area contributed by atoms with Crippen LogP contribution in [0, 0.1) is 0 Å². The van der Waals surface area contributed by atoms with E-state index in [4.69, 9.17) is 10.2 Å². The molecule has 9 heavy (non-hydrogen) atoms. The summed E-state index contributed by atoms with van der Waals surface area (Å²) in [6.07, 6.45) is 0. The lowest BCUT2D eigenvalue weighted by Gasteiger charge is -1.94. The maximum absolute atomic E-state index is 8.09. The molecule has 0 saturated heterocycles. The summed E-state index contributed by atoms with van der Waals surface area (Å²) in [4.78, 5) is 0. The van der Waals surface area contributed by atoms with Gasteiger partial charge in [0.1, 0.15) is 0 Å². The molecule has 0 aliphatic carbocycles. The molecular formula is C4H16NO3P. The first-order chi connectivity index (χ1) is 3.41. The van der Waals surface area contributed by atoms with Crippen LogP contribution in [0.2, 0.25) is 0 Å². The normalized spacial score (nSPS) is 7.33. The van der Waals surface area contributed by atoms with Crippen molar-refractivity contribution in [1.29, 1.82) is 0 Å². The molecule has 0 radical (unpaired) electrons. The van der Waals surface area contributed by atoms with Gasteiger partial charge in [0.15, 0.2) is 0 Å². The second-order valence-corrected chi connectivity index (χ2v) is 1.06. The number of rotatable bonds is 4. The standard InChI is InChI=1S/C4H10O3.H3N.H3P/c5-1-3-7-4-2-6;;/h5-6H,1-4H2;2*1H3. The summed E-state index contributed by atoms with van der Waals surface area (Å²) in [6, 6.07) is 0. The average molecular weight is 157 g/mol. The van der Waals surface area contributed by atoms with E-state index in [2.05, 4.69) is 4.74 Å². The Morgan fingerprint density at radius 2 is 1.33 bits per heavy atom. The maximum atomic E-state index is 8.09. The van der Waals surface area contributed by atoms with Crippen LogP contribution in [0.5, 0.6) is 0 Å². The molecule has 0 aromatic heterocycles. The minimum Gasteiger partial charge on any atom is -0.394 e. The molecule has 0 spiro atoms. The van der Waals surface area contributed by atoms with Crippen LogP contribution >= 0.6 is 9.90 Å². The zero-order valence-corrected chi connectivity index (χ0v) is 6.96. The number of aliphatic hydroxyl groups excluding tert-OH is 2. The Morgan fingerprint density at radius 1 is 1.00 bits per heavy atom. The highest BCUT2D eigenvalue weighted by Gasteiger charge is 1.79. The van der Waals surface area contributed by atoms with Crippen molar-refractivity contribution >= 4 is 9.90 Å². The van der Waals surface area contributed by atoms with Gasteiger partial charge in [-0.15, -0.1) is 0 Å². The molecule has 60 valence electrons. The molecule has 0 amide bonds. The Balaban J connectivity index is -0.000000180. The smallest absolute Gasteiger partial charge is 0.0698 e. The van der Waals surface area contributed by atoms with E-state index in [1.165, 1.54) is 0 Å². The molecule has 0 aromatic carbocycles. The Hall–Kier alpha value is 0.270. The lowest BCUT2D eigenvalue weighted by molar-refractivity contribution is 0.0650. The third-order valence-corrected chi connectivity index (χ3v) is 0.471. The lowest BCUT2D eigenvalue weighted by atomic mass is 10.7. The fraction of sp³-hybridized carbons (Fsp3) is 1.00. The van der Waals surface area contributed by atoms with E-state index in [1.54, 1.807) is 0 Å². The predicted octanol–water partition coefficient (Wildman–Crippen LogP) is -0.792. The van der Waals surface area contributed by atoms with E-state index in [-0.39, 0.29) is 29.3 Å². The molecule has 0 bridgehead atoms. The van der Waals surface area contributed by atoms with Crippen molar-refractivity contribution in [3.05, 3.63) is 0 Å². The molecule has 0 aromatic rings. The van der Waals surface area contributed by atoms with Crippen LogP contribution < -0.4 is 6.15 Å². The molecule has 0 aliphatic rings. The fourth-order valence-electron chi connectivity index (χ4n) is 0.231. The van der Waals surface area contributed by atoms with Crippen LogP contribution in [0.1, 0.15) is 0 Å². The molecule has 0 fully saturated rings. The van der Waals surface area contributed by atoms with Gasteiger partial charge in [0.2, 0.25) is 0 Å². The number of aliphatic hydroxyl groups is 2. The topological polar surface area (TPSA) is 84.7 Å². The van der Waals surface area contributed by atoms with E-state index >= 15 is 0 Å². The molecule has 0 saturated carbocycles. The van der Waals surface area contributed by atoms with Gasteiger partial charge in [-0.2, -0.15) is 9.90 Å². The summed E-state index contributed by atoms with van der Waals surface area (Å²) in [7, 11) is 0. The summed E-state index contributed by atoms with van der Waals surface area (Å²) in [5, 5.41) is 16.2. The van der Waals surface area contributed by atoms with Crippen LogP contribution in [-0.4, -0.2) is 36.6 Å². The average Bonchev–Trinajstić information content (AvgIpc) is 1.69. The van der Waals surface area contributed by atoms with Crippen molar-refractivity contribution in [2.75, 3.05) is 26.4 Å². The maximum Gasteiger partial charge on any atom is 0.0698 e. The van der Waals surface area contributed by atoms with Gasteiger partial charge in [0.05, 0.1) is 26.4 Å². The van der Waals surface area contributed by atoms with E-state index < -0.39 is 0 Å². The van der Waals surface area contributed by atoms with Crippen molar-refractivity contribution in [3.63, 3.8) is 0 Å². The minimum atomic E-state index is 0. The molecule has 1 atom stereocenters. The highest BCUT2D eigenvalue weighted by atomic mass is 31.0. The van der Waals surface area contributed by atoms with Gasteiger partial charge < -0.3 is 21.1 Å². The highest BCUT2D eigenvalue weighted by Crippen LogP contribution is 1.68. The first-order valence-corrected chi connectivity index (χ1v) is 2.21. The zero-order valence-electron chi connectivity index (χ0n) is 5.55. The first-order valence-electron chi connectivity index (χ1n) is 2.21. The van der Waals surface area contributed by atoms with Crippen molar-refractivity contribution in [3.8, 4) is 0 Å². The van der Waals surface area contributed by atoms with Crippen molar-refractivity contribution < 1.29 is 14.9 Å². The Morgan fingerprint density at radius 3 is 1.56 bits per heavy atom. The molecule has 0 heterocycles. The van der Waals surface area contributed by atoms with Crippen molar-refractivity contribution in [2.45, 2.75) is 0 Å². The predicted molar refractivity (Wildman–Crippen MR) is 41.1 cm³/mol. The monoisotopic (exact) mass is 157 g/mol. The second-order valence-electron chi connectivity index (χ2n) is 1.06. The van der Waals surface area contributed by atoms with Gasteiger partial charge in [-0.25, -0.2) is 0 Å².